The lowest BCUT2D eigenvalue weighted by Gasteiger charge is -2.29. The summed E-state index contributed by atoms with van der Waals surface area (Å²) in [5.41, 5.74) is 0.0572. The molecule has 0 aliphatic heterocycles. The number of halogens is 1. The van der Waals surface area contributed by atoms with Gasteiger partial charge in [0.05, 0.1) is 12.2 Å². The van der Waals surface area contributed by atoms with Gasteiger partial charge in [-0.2, -0.15) is 17.9 Å². The van der Waals surface area contributed by atoms with Gasteiger partial charge in [-0.25, -0.2) is 4.39 Å². The van der Waals surface area contributed by atoms with Gasteiger partial charge in [-0.1, -0.05) is 13.8 Å². The van der Waals surface area contributed by atoms with Gasteiger partial charge in [0, 0.05) is 11.5 Å². The molecule has 0 fully saturated rings. The van der Waals surface area contributed by atoms with E-state index >= 15 is 0 Å². The van der Waals surface area contributed by atoms with Crippen LogP contribution in [0.5, 0.6) is 5.75 Å². The minimum absolute atomic E-state index is 0.0213. The standard InChI is InChI=1S/C14H18FNOS/c1-3-14(4-2,10-18)9-17-12-6-5-11(8-16)13(15)7-12/h5-7,18H,3-4,9-10H2,1-2H3. The van der Waals surface area contributed by atoms with Crippen molar-refractivity contribution in [2.75, 3.05) is 12.4 Å². The molecular formula is C14H18FNOS. The Bertz CT molecular complexity index is 430. The van der Waals surface area contributed by atoms with Crippen molar-refractivity contribution in [1.82, 2.24) is 0 Å². The van der Waals surface area contributed by atoms with E-state index in [-0.39, 0.29) is 11.0 Å². The summed E-state index contributed by atoms with van der Waals surface area (Å²) in [6.45, 7) is 4.71. The quantitative estimate of drug-likeness (QED) is 0.795. The lowest BCUT2D eigenvalue weighted by atomic mass is 9.85. The Morgan fingerprint density at radius 2 is 2.06 bits per heavy atom. The maximum absolute atomic E-state index is 13.4. The highest BCUT2D eigenvalue weighted by Crippen LogP contribution is 2.29. The molecule has 0 saturated heterocycles. The van der Waals surface area contributed by atoms with E-state index in [0.717, 1.165) is 18.6 Å². The highest BCUT2D eigenvalue weighted by molar-refractivity contribution is 7.80. The first-order valence-corrected chi connectivity index (χ1v) is 6.67. The molecule has 18 heavy (non-hydrogen) atoms. The molecule has 0 spiro atoms. The summed E-state index contributed by atoms with van der Waals surface area (Å²) < 4.78 is 19.0. The molecule has 0 aliphatic carbocycles. The first-order chi connectivity index (χ1) is 8.60. The van der Waals surface area contributed by atoms with Crippen LogP contribution in [-0.4, -0.2) is 12.4 Å². The lowest BCUT2D eigenvalue weighted by molar-refractivity contribution is 0.156. The van der Waals surface area contributed by atoms with Crippen LogP contribution < -0.4 is 4.74 Å². The first-order valence-electron chi connectivity index (χ1n) is 6.04. The Hall–Kier alpha value is -1.21. The molecule has 1 aromatic carbocycles. The van der Waals surface area contributed by atoms with E-state index in [1.54, 1.807) is 12.1 Å². The SMILES string of the molecule is CCC(CC)(CS)COc1ccc(C#N)c(F)c1. The van der Waals surface area contributed by atoms with E-state index in [1.807, 2.05) is 0 Å². The normalized spacial score (nSPS) is 11.1. The van der Waals surface area contributed by atoms with Gasteiger partial charge in [0.2, 0.25) is 0 Å². The number of benzene rings is 1. The number of nitrogens with zero attached hydrogens (tertiary/aromatic N) is 1. The van der Waals surface area contributed by atoms with Crippen molar-refractivity contribution in [1.29, 1.82) is 5.26 Å². The van der Waals surface area contributed by atoms with Gasteiger partial charge in [0.25, 0.3) is 0 Å². The van der Waals surface area contributed by atoms with Crippen molar-refractivity contribution in [2.45, 2.75) is 26.7 Å². The number of hydrogen-bond donors (Lipinski definition) is 1. The fourth-order valence-corrected chi connectivity index (χ4v) is 2.17. The van der Waals surface area contributed by atoms with E-state index in [9.17, 15) is 4.39 Å². The van der Waals surface area contributed by atoms with Gasteiger partial charge >= 0.3 is 0 Å². The van der Waals surface area contributed by atoms with E-state index in [1.165, 1.54) is 12.1 Å². The highest BCUT2D eigenvalue weighted by atomic mass is 32.1. The summed E-state index contributed by atoms with van der Waals surface area (Å²) in [6, 6.07) is 6.10. The molecule has 1 aromatic rings. The van der Waals surface area contributed by atoms with E-state index in [2.05, 4.69) is 26.5 Å². The molecule has 0 atom stereocenters. The molecule has 4 heteroatoms. The second-order valence-electron chi connectivity index (χ2n) is 4.41. The predicted octanol–water partition coefficient (Wildman–Crippen LogP) is 3.81. The van der Waals surface area contributed by atoms with Gasteiger partial charge in [-0.05, 0) is 30.7 Å². The zero-order valence-corrected chi connectivity index (χ0v) is 11.6. The Kier molecular flexibility index (Phi) is 5.49. The Morgan fingerprint density at radius 1 is 1.39 bits per heavy atom. The second kappa shape index (κ2) is 6.65. The van der Waals surface area contributed by atoms with Crippen LogP contribution in [0.2, 0.25) is 0 Å². The predicted molar refractivity (Wildman–Crippen MR) is 73.5 cm³/mol. The van der Waals surface area contributed by atoms with Crippen molar-refractivity contribution >= 4 is 12.6 Å². The van der Waals surface area contributed by atoms with Crippen LogP contribution in [-0.2, 0) is 0 Å². The zero-order chi connectivity index (χ0) is 13.6. The molecule has 0 bridgehead atoms. The van der Waals surface area contributed by atoms with Crippen LogP contribution in [0.15, 0.2) is 18.2 Å². The summed E-state index contributed by atoms with van der Waals surface area (Å²) in [4.78, 5) is 0. The van der Waals surface area contributed by atoms with Crippen LogP contribution in [0.4, 0.5) is 4.39 Å². The molecule has 1 rings (SSSR count). The number of nitriles is 1. The lowest BCUT2D eigenvalue weighted by Crippen LogP contribution is -2.29. The second-order valence-corrected chi connectivity index (χ2v) is 4.72. The minimum Gasteiger partial charge on any atom is -0.493 e. The van der Waals surface area contributed by atoms with Gasteiger partial charge in [-0.15, -0.1) is 0 Å². The minimum atomic E-state index is -0.542. The molecule has 0 heterocycles. The molecule has 0 amide bonds. The third kappa shape index (κ3) is 3.39. The summed E-state index contributed by atoms with van der Waals surface area (Å²) in [5.74, 6) is 0.651. The van der Waals surface area contributed by atoms with Crippen molar-refractivity contribution in [3.8, 4) is 11.8 Å². The smallest absolute Gasteiger partial charge is 0.144 e. The maximum Gasteiger partial charge on any atom is 0.144 e. The topological polar surface area (TPSA) is 33.0 Å². The fourth-order valence-electron chi connectivity index (χ4n) is 1.64. The van der Waals surface area contributed by atoms with Crippen molar-refractivity contribution < 1.29 is 9.13 Å². The average molecular weight is 267 g/mol. The number of rotatable bonds is 6. The van der Waals surface area contributed by atoms with Gasteiger partial charge in [0.1, 0.15) is 17.6 Å². The van der Waals surface area contributed by atoms with E-state index in [4.69, 9.17) is 10.00 Å². The van der Waals surface area contributed by atoms with Crippen LogP contribution >= 0.6 is 12.6 Å². The maximum atomic E-state index is 13.4. The van der Waals surface area contributed by atoms with Crippen LogP contribution in [0.1, 0.15) is 32.3 Å². The van der Waals surface area contributed by atoms with Crippen molar-refractivity contribution in [3.05, 3.63) is 29.6 Å². The molecular weight excluding hydrogens is 249 g/mol. The van der Waals surface area contributed by atoms with Gasteiger partial charge in [0.15, 0.2) is 0 Å². The monoisotopic (exact) mass is 267 g/mol. The zero-order valence-electron chi connectivity index (χ0n) is 10.7. The fraction of sp³-hybridized carbons (Fsp3) is 0.500. The Balaban J connectivity index is 2.75. The molecule has 2 nitrogen and oxygen atoms in total. The average Bonchev–Trinajstić information content (AvgIpc) is 2.41. The van der Waals surface area contributed by atoms with E-state index in [0.29, 0.717) is 12.4 Å². The molecule has 0 aliphatic rings. The summed E-state index contributed by atoms with van der Waals surface area (Å²) in [5, 5.41) is 8.64. The molecule has 0 unspecified atom stereocenters. The largest absolute Gasteiger partial charge is 0.493 e. The third-order valence-electron chi connectivity index (χ3n) is 3.44. The highest BCUT2D eigenvalue weighted by Gasteiger charge is 2.25. The first kappa shape index (κ1) is 14.8. The van der Waals surface area contributed by atoms with Crippen LogP contribution in [0, 0.1) is 22.6 Å². The van der Waals surface area contributed by atoms with Crippen molar-refractivity contribution in [3.63, 3.8) is 0 Å². The molecule has 98 valence electrons. The van der Waals surface area contributed by atoms with Gasteiger partial charge < -0.3 is 4.74 Å². The summed E-state index contributed by atoms with van der Waals surface area (Å²) >= 11 is 4.36. The van der Waals surface area contributed by atoms with E-state index < -0.39 is 5.82 Å². The van der Waals surface area contributed by atoms with Crippen LogP contribution in [0.3, 0.4) is 0 Å². The summed E-state index contributed by atoms with van der Waals surface area (Å²) in [6.07, 6.45) is 1.93. The molecule has 0 radical (unpaired) electrons. The number of hydrogen-bond acceptors (Lipinski definition) is 3. The van der Waals surface area contributed by atoms with Gasteiger partial charge in [-0.3, -0.25) is 0 Å². The molecule has 0 aromatic heterocycles. The number of thiol groups is 1. The Morgan fingerprint density at radius 3 is 2.50 bits per heavy atom. The van der Waals surface area contributed by atoms with Crippen molar-refractivity contribution in [2.24, 2.45) is 5.41 Å². The third-order valence-corrected chi connectivity index (χ3v) is 4.11. The Labute approximate surface area is 113 Å². The molecule has 0 N–H and O–H groups in total. The molecule has 0 saturated carbocycles. The summed E-state index contributed by atoms with van der Waals surface area (Å²) in [7, 11) is 0. The number of ether oxygens (including phenoxy) is 1. The van der Waals surface area contributed by atoms with Crippen LogP contribution in [0.25, 0.3) is 0 Å².